The molecule has 2 aliphatic heterocycles. The SMILES string of the molecule is CC(O)C1CCN(CC2CCCN(S(C)(=O)=O)C2)C1. The quantitative estimate of drug-likeness (QED) is 0.812. The molecule has 2 fully saturated rings. The summed E-state index contributed by atoms with van der Waals surface area (Å²) in [6.07, 6.45) is 4.20. The summed E-state index contributed by atoms with van der Waals surface area (Å²) in [5.41, 5.74) is 0. The molecule has 0 aromatic rings. The summed E-state index contributed by atoms with van der Waals surface area (Å²) in [5, 5.41) is 9.61. The maximum Gasteiger partial charge on any atom is 0.211 e. The van der Waals surface area contributed by atoms with Gasteiger partial charge < -0.3 is 10.0 Å². The fourth-order valence-corrected chi connectivity index (χ4v) is 4.21. The van der Waals surface area contributed by atoms with Crippen LogP contribution in [0.25, 0.3) is 0 Å². The van der Waals surface area contributed by atoms with Crippen molar-refractivity contribution in [3.63, 3.8) is 0 Å². The van der Waals surface area contributed by atoms with Crippen LogP contribution in [-0.4, -0.2) is 67.8 Å². The molecule has 0 radical (unpaired) electrons. The minimum Gasteiger partial charge on any atom is -0.393 e. The van der Waals surface area contributed by atoms with Crippen LogP contribution in [0.2, 0.25) is 0 Å². The molecular formula is C13H26N2O3S. The molecule has 0 amide bonds. The summed E-state index contributed by atoms with van der Waals surface area (Å²) in [4.78, 5) is 2.38. The van der Waals surface area contributed by atoms with Gasteiger partial charge in [-0.15, -0.1) is 0 Å². The molecule has 3 unspecified atom stereocenters. The monoisotopic (exact) mass is 290 g/mol. The van der Waals surface area contributed by atoms with Gasteiger partial charge in [-0.2, -0.15) is 0 Å². The van der Waals surface area contributed by atoms with Gasteiger partial charge in [0.25, 0.3) is 0 Å². The Morgan fingerprint density at radius 3 is 2.58 bits per heavy atom. The summed E-state index contributed by atoms with van der Waals surface area (Å²) >= 11 is 0. The zero-order chi connectivity index (χ0) is 14.0. The topological polar surface area (TPSA) is 60.9 Å². The van der Waals surface area contributed by atoms with Crippen molar-refractivity contribution in [2.24, 2.45) is 11.8 Å². The van der Waals surface area contributed by atoms with E-state index in [-0.39, 0.29) is 6.10 Å². The highest BCUT2D eigenvalue weighted by Gasteiger charge is 2.30. The van der Waals surface area contributed by atoms with Crippen molar-refractivity contribution in [3.8, 4) is 0 Å². The zero-order valence-corrected chi connectivity index (χ0v) is 12.8. The Labute approximate surface area is 116 Å². The van der Waals surface area contributed by atoms with Gasteiger partial charge >= 0.3 is 0 Å². The Kier molecular flexibility index (Phi) is 4.87. The molecule has 2 heterocycles. The Morgan fingerprint density at radius 2 is 2.00 bits per heavy atom. The number of sulfonamides is 1. The highest BCUT2D eigenvalue weighted by molar-refractivity contribution is 7.88. The van der Waals surface area contributed by atoms with Gasteiger partial charge in [0.05, 0.1) is 12.4 Å². The highest BCUT2D eigenvalue weighted by Crippen LogP contribution is 2.24. The van der Waals surface area contributed by atoms with Gasteiger partial charge in [0, 0.05) is 26.2 Å². The molecule has 0 aromatic carbocycles. The lowest BCUT2D eigenvalue weighted by molar-refractivity contribution is 0.123. The molecule has 0 aromatic heterocycles. The van der Waals surface area contributed by atoms with Crippen molar-refractivity contribution in [2.75, 3.05) is 39.0 Å². The average molecular weight is 290 g/mol. The van der Waals surface area contributed by atoms with Crippen LogP contribution in [0.15, 0.2) is 0 Å². The molecule has 0 saturated carbocycles. The van der Waals surface area contributed by atoms with Crippen molar-refractivity contribution in [3.05, 3.63) is 0 Å². The van der Waals surface area contributed by atoms with Crippen molar-refractivity contribution in [1.82, 2.24) is 9.21 Å². The fraction of sp³-hybridized carbons (Fsp3) is 1.00. The van der Waals surface area contributed by atoms with Gasteiger partial charge in [-0.05, 0) is 44.6 Å². The van der Waals surface area contributed by atoms with Crippen LogP contribution in [0.4, 0.5) is 0 Å². The number of nitrogens with zero attached hydrogens (tertiary/aromatic N) is 2. The maximum atomic E-state index is 11.6. The number of hydrogen-bond acceptors (Lipinski definition) is 4. The van der Waals surface area contributed by atoms with Crippen LogP contribution in [-0.2, 0) is 10.0 Å². The van der Waals surface area contributed by atoms with Gasteiger partial charge in [0.15, 0.2) is 0 Å². The molecule has 2 saturated heterocycles. The second-order valence-electron chi connectivity index (χ2n) is 6.18. The predicted octanol–water partition coefficient (Wildman–Crippen LogP) is 0.361. The van der Waals surface area contributed by atoms with Crippen LogP contribution < -0.4 is 0 Å². The first kappa shape index (κ1) is 15.2. The first-order valence-electron chi connectivity index (χ1n) is 7.22. The summed E-state index contributed by atoms with van der Waals surface area (Å²) in [6.45, 7) is 6.15. The maximum absolute atomic E-state index is 11.6. The van der Waals surface area contributed by atoms with Crippen LogP contribution >= 0.6 is 0 Å². The molecule has 3 atom stereocenters. The molecule has 112 valence electrons. The first-order valence-corrected chi connectivity index (χ1v) is 9.06. The van der Waals surface area contributed by atoms with E-state index < -0.39 is 10.0 Å². The minimum absolute atomic E-state index is 0.233. The lowest BCUT2D eigenvalue weighted by atomic mass is 9.99. The fourth-order valence-electron chi connectivity index (χ4n) is 3.26. The average Bonchev–Trinajstić information content (AvgIpc) is 2.77. The number of aliphatic hydroxyl groups excluding tert-OH is 1. The normalized spacial score (nSPS) is 32.6. The standard InChI is InChI=1S/C13H26N2O3S/c1-11(16)13-5-7-14(10-13)8-12-4-3-6-15(9-12)19(2,17)18/h11-13,16H,3-10H2,1-2H3. The van der Waals surface area contributed by atoms with E-state index in [1.807, 2.05) is 6.92 Å². The summed E-state index contributed by atoms with van der Waals surface area (Å²) in [5.74, 6) is 0.825. The van der Waals surface area contributed by atoms with Gasteiger partial charge in [-0.3, -0.25) is 0 Å². The second-order valence-corrected chi connectivity index (χ2v) is 8.16. The molecule has 0 bridgehead atoms. The summed E-state index contributed by atoms with van der Waals surface area (Å²) in [7, 11) is -3.04. The van der Waals surface area contributed by atoms with Crippen LogP contribution in [0, 0.1) is 11.8 Å². The van der Waals surface area contributed by atoms with Gasteiger partial charge in [-0.1, -0.05) is 0 Å². The van der Waals surface area contributed by atoms with E-state index in [9.17, 15) is 13.5 Å². The van der Waals surface area contributed by atoms with Crippen molar-refractivity contribution < 1.29 is 13.5 Å². The summed E-state index contributed by atoms with van der Waals surface area (Å²) < 4.78 is 24.8. The zero-order valence-electron chi connectivity index (χ0n) is 12.0. The minimum atomic E-state index is -3.04. The molecule has 5 nitrogen and oxygen atoms in total. The van der Waals surface area contributed by atoms with Gasteiger partial charge in [0.2, 0.25) is 10.0 Å². The van der Waals surface area contributed by atoms with E-state index in [2.05, 4.69) is 4.90 Å². The largest absolute Gasteiger partial charge is 0.393 e. The van der Waals surface area contributed by atoms with Crippen LogP contribution in [0.3, 0.4) is 0 Å². The van der Waals surface area contributed by atoms with Gasteiger partial charge in [0.1, 0.15) is 0 Å². The van der Waals surface area contributed by atoms with Gasteiger partial charge in [-0.25, -0.2) is 12.7 Å². The third kappa shape index (κ3) is 4.15. The molecule has 19 heavy (non-hydrogen) atoms. The summed E-state index contributed by atoms with van der Waals surface area (Å²) in [6, 6.07) is 0. The number of hydrogen-bond donors (Lipinski definition) is 1. The number of rotatable bonds is 4. The lowest BCUT2D eigenvalue weighted by Crippen LogP contribution is -2.43. The molecule has 6 heteroatoms. The first-order chi connectivity index (χ1) is 8.86. The smallest absolute Gasteiger partial charge is 0.211 e. The van der Waals surface area contributed by atoms with E-state index in [0.29, 0.717) is 24.9 Å². The van der Waals surface area contributed by atoms with E-state index in [1.165, 1.54) is 6.26 Å². The van der Waals surface area contributed by atoms with Crippen molar-refractivity contribution in [1.29, 1.82) is 0 Å². The van der Waals surface area contributed by atoms with E-state index in [1.54, 1.807) is 4.31 Å². The Bertz CT molecular complexity index is 397. The molecule has 2 rings (SSSR count). The van der Waals surface area contributed by atoms with E-state index in [0.717, 1.165) is 38.9 Å². The molecule has 0 spiro atoms. The van der Waals surface area contributed by atoms with Crippen LogP contribution in [0.5, 0.6) is 0 Å². The van der Waals surface area contributed by atoms with Crippen molar-refractivity contribution >= 4 is 10.0 Å². The Balaban J connectivity index is 1.83. The molecule has 2 aliphatic rings. The predicted molar refractivity (Wildman–Crippen MR) is 75.4 cm³/mol. The number of aliphatic hydroxyl groups is 1. The molecule has 0 aliphatic carbocycles. The lowest BCUT2D eigenvalue weighted by Gasteiger charge is -2.33. The third-order valence-corrected chi connectivity index (χ3v) is 5.73. The molecular weight excluding hydrogens is 264 g/mol. The highest BCUT2D eigenvalue weighted by atomic mass is 32.2. The van der Waals surface area contributed by atoms with E-state index >= 15 is 0 Å². The number of piperidine rings is 1. The van der Waals surface area contributed by atoms with Crippen molar-refractivity contribution in [2.45, 2.75) is 32.3 Å². The third-order valence-electron chi connectivity index (χ3n) is 4.46. The molecule has 1 N–H and O–H groups in total. The second kappa shape index (κ2) is 6.08. The number of likely N-dealkylation sites (tertiary alicyclic amines) is 1. The Morgan fingerprint density at radius 1 is 1.26 bits per heavy atom. The van der Waals surface area contributed by atoms with E-state index in [4.69, 9.17) is 0 Å². The Hall–Kier alpha value is -0.170. The van der Waals surface area contributed by atoms with Crippen LogP contribution in [0.1, 0.15) is 26.2 Å².